The molecule has 0 bridgehead atoms. The Balaban J connectivity index is 1.55. The minimum atomic E-state index is -0.891. The Kier molecular flexibility index (Phi) is 8.29. The van der Waals surface area contributed by atoms with Crippen molar-refractivity contribution in [1.82, 2.24) is 20.1 Å². The Hall–Kier alpha value is -3.34. The average Bonchev–Trinajstić information content (AvgIpc) is 3.26. The fourth-order valence-electron chi connectivity index (χ4n) is 3.24. The molecule has 1 aromatic heterocycles. The molecule has 0 aliphatic rings. The molecule has 0 saturated heterocycles. The third kappa shape index (κ3) is 6.26. The van der Waals surface area contributed by atoms with Gasteiger partial charge in [0.2, 0.25) is 0 Å². The number of halogens is 4. The molecule has 4 aromatic rings. The van der Waals surface area contributed by atoms with E-state index in [2.05, 4.69) is 20.8 Å². The van der Waals surface area contributed by atoms with Crippen LogP contribution >= 0.6 is 35.0 Å². The van der Waals surface area contributed by atoms with Crippen molar-refractivity contribution in [1.29, 1.82) is 0 Å². The summed E-state index contributed by atoms with van der Waals surface area (Å²) < 4.78 is 34.0. The maximum Gasteiger partial charge on any atom is 0.319 e. The smallest absolute Gasteiger partial charge is 0.319 e. The zero-order valence-corrected chi connectivity index (χ0v) is 21.1. The molecule has 0 saturated carbocycles. The zero-order valence-electron chi connectivity index (χ0n) is 18.8. The van der Waals surface area contributed by atoms with Gasteiger partial charge >= 0.3 is 6.03 Å². The molecule has 0 aliphatic carbocycles. The molecule has 7 nitrogen and oxygen atoms in total. The SMILES string of the molecule is COc1cccc(CSc2nnc(CNC(=O)Nc3ccc(F)cc3F)n2-c2ccc(Cl)cc2Cl)c1. The molecule has 0 spiro atoms. The summed E-state index contributed by atoms with van der Waals surface area (Å²) in [6, 6.07) is 14.8. The molecular weight excluding hydrogens is 531 g/mol. The highest BCUT2D eigenvalue weighted by Crippen LogP contribution is 2.31. The number of hydrogen-bond acceptors (Lipinski definition) is 5. The van der Waals surface area contributed by atoms with Crippen LogP contribution in [0.4, 0.5) is 19.3 Å². The van der Waals surface area contributed by atoms with Crippen molar-refractivity contribution in [3.05, 3.63) is 93.7 Å². The van der Waals surface area contributed by atoms with E-state index in [0.717, 1.165) is 23.4 Å². The van der Waals surface area contributed by atoms with E-state index >= 15 is 0 Å². The third-order valence-corrected chi connectivity index (χ3v) is 6.48. The van der Waals surface area contributed by atoms with Crippen LogP contribution in [0.25, 0.3) is 5.69 Å². The highest BCUT2D eigenvalue weighted by atomic mass is 35.5. The summed E-state index contributed by atoms with van der Waals surface area (Å²) in [7, 11) is 1.60. The lowest BCUT2D eigenvalue weighted by molar-refractivity contribution is 0.251. The second kappa shape index (κ2) is 11.6. The number of anilines is 1. The zero-order chi connectivity index (χ0) is 25.7. The van der Waals surface area contributed by atoms with Gasteiger partial charge in [0.15, 0.2) is 11.0 Å². The first kappa shape index (κ1) is 25.7. The predicted molar refractivity (Wildman–Crippen MR) is 136 cm³/mol. The van der Waals surface area contributed by atoms with Gasteiger partial charge in [0.1, 0.15) is 17.4 Å². The number of nitrogens with zero attached hydrogens (tertiary/aromatic N) is 3. The van der Waals surface area contributed by atoms with Crippen molar-refractivity contribution in [3.63, 3.8) is 0 Å². The van der Waals surface area contributed by atoms with E-state index in [0.29, 0.717) is 38.5 Å². The number of urea groups is 1. The van der Waals surface area contributed by atoms with Crippen LogP contribution in [0.2, 0.25) is 10.0 Å². The van der Waals surface area contributed by atoms with Crippen molar-refractivity contribution in [2.45, 2.75) is 17.5 Å². The van der Waals surface area contributed by atoms with Crippen LogP contribution in [0.15, 0.2) is 65.8 Å². The number of carbonyl (C=O) groups is 1. The summed E-state index contributed by atoms with van der Waals surface area (Å²) in [5.41, 5.74) is 1.42. The van der Waals surface area contributed by atoms with Crippen molar-refractivity contribution < 1.29 is 18.3 Å². The Morgan fingerprint density at radius 3 is 2.67 bits per heavy atom. The van der Waals surface area contributed by atoms with Gasteiger partial charge in [0.25, 0.3) is 0 Å². The van der Waals surface area contributed by atoms with E-state index in [4.69, 9.17) is 27.9 Å². The number of benzene rings is 3. The molecule has 4 rings (SSSR count). The molecule has 0 unspecified atom stereocenters. The van der Waals surface area contributed by atoms with Crippen LogP contribution in [0.5, 0.6) is 5.75 Å². The van der Waals surface area contributed by atoms with E-state index in [1.807, 2.05) is 24.3 Å². The van der Waals surface area contributed by atoms with E-state index < -0.39 is 17.7 Å². The summed E-state index contributed by atoms with van der Waals surface area (Å²) in [6.45, 7) is -0.0552. The van der Waals surface area contributed by atoms with Gasteiger partial charge in [-0.05, 0) is 48.0 Å². The Bertz CT molecular complexity index is 1400. The molecule has 2 N–H and O–H groups in total. The van der Waals surface area contributed by atoms with Gasteiger partial charge in [-0.1, -0.05) is 47.1 Å². The summed E-state index contributed by atoms with van der Waals surface area (Å²) in [6.07, 6.45) is 0. The molecule has 0 radical (unpaired) electrons. The van der Waals surface area contributed by atoms with Crippen LogP contribution in [0.1, 0.15) is 11.4 Å². The Morgan fingerprint density at radius 2 is 1.92 bits per heavy atom. The Labute approximate surface area is 219 Å². The standard InChI is InChI=1S/C24H19Cl2F2N5O2S/c1-35-17-4-2-3-14(9-17)13-36-24-32-31-22(33(24)21-8-5-15(25)10-18(21)26)12-29-23(34)30-20-7-6-16(27)11-19(20)28/h2-11H,12-13H2,1H3,(H2,29,30,34). The number of carbonyl (C=O) groups excluding carboxylic acids is 1. The summed E-state index contributed by atoms with van der Waals surface area (Å²) in [5, 5.41) is 14.8. The van der Waals surface area contributed by atoms with Crippen LogP contribution in [-0.4, -0.2) is 27.9 Å². The number of amides is 2. The van der Waals surface area contributed by atoms with Gasteiger partial charge < -0.3 is 15.4 Å². The lowest BCUT2D eigenvalue weighted by Gasteiger charge is -2.13. The van der Waals surface area contributed by atoms with Gasteiger partial charge in [0.05, 0.1) is 30.1 Å². The summed E-state index contributed by atoms with van der Waals surface area (Å²) in [4.78, 5) is 12.4. The predicted octanol–water partition coefficient (Wildman–Crippen LogP) is 6.47. The highest BCUT2D eigenvalue weighted by Gasteiger charge is 2.18. The Morgan fingerprint density at radius 1 is 1.08 bits per heavy atom. The van der Waals surface area contributed by atoms with Gasteiger partial charge in [-0.25, -0.2) is 13.6 Å². The van der Waals surface area contributed by atoms with Gasteiger partial charge in [0, 0.05) is 16.8 Å². The number of aromatic nitrogens is 3. The normalized spacial score (nSPS) is 10.8. The maximum atomic E-state index is 13.9. The lowest BCUT2D eigenvalue weighted by atomic mass is 10.2. The third-order valence-electron chi connectivity index (χ3n) is 4.94. The molecule has 0 fully saturated rings. The van der Waals surface area contributed by atoms with E-state index in [-0.39, 0.29) is 12.2 Å². The first-order chi connectivity index (χ1) is 17.3. The fraction of sp³-hybridized carbons (Fsp3) is 0.125. The average molecular weight is 550 g/mol. The number of ether oxygens (including phenoxy) is 1. The number of rotatable bonds is 8. The molecule has 12 heteroatoms. The van der Waals surface area contributed by atoms with Crippen LogP contribution < -0.4 is 15.4 Å². The van der Waals surface area contributed by atoms with Crippen LogP contribution in [0.3, 0.4) is 0 Å². The first-order valence-corrected chi connectivity index (χ1v) is 12.2. The second-order valence-electron chi connectivity index (χ2n) is 7.40. The monoisotopic (exact) mass is 549 g/mol. The largest absolute Gasteiger partial charge is 0.497 e. The van der Waals surface area contributed by atoms with Crippen LogP contribution in [0, 0.1) is 11.6 Å². The molecule has 1 heterocycles. The first-order valence-electron chi connectivity index (χ1n) is 10.5. The van der Waals surface area contributed by atoms with Crippen molar-refractivity contribution in [2.75, 3.05) is 12.4 Å². The van der Waals surface area contributed by atoms with Crippen molar-refractivity contribution >= 4 is 46.7 Å². The molecule has 186 valence electrons. The molecule has 3 aromatic carbocycles. The summed E-state index contributed by atoms with van der Waals surface area (Å²) >= 11 is 13.9. The topological polar surface area (TPSA) is 81.1 Å². The number of nitrogens with one attached hydrogen (secondary N) is 2. The number of thioether (sulfide) groups is 1. The number of hydrogen-bond donors (Lipinski definition) is 2. The minimum Gasteiger partial charge on any atom is -0.497 e. The van der Waals surface area contributed by atoms with Gasteiger partial charge in [-0.2, -0.15) is 0 Å². The van der Waals surface area contributed by atoms with E-state index in [1.165, 1.54) is 11.8 Å². The second-order valence-corrected chi connectivity index (χ2v) is 9.19. The highest BCUT2D eigenvalue weighted by molar-refractivity contribution is 7.98. The van der Waals surface area contributed by atoms with E-state index in [1.54, 1.807) is 29.9 Å². The minimum absolute atomic E-state index is 0.0552. The molecule has 2 amide bonds. The maximum absolute atomic E-state index is 13.9. The van der Waals surface area contributed by atoms with E-state index in [9.17, 15) is 13.6 Å². The molecule has 0 aliphatic heterocycles. The molecule has 0 atom stereocenters. The lowest BCUT2D eigenvalue weighted by Crippen LogP contribution is -2.29. The van der Waals surface area contributed by atoms with Crippen molar-refractivity contribution in [3.8, 4) is 11.4 Å². The number of methoxy groups -OCH3 is 1. The molecule has 36 heavy (non-hydrogen) atoms. The quantitative estimate of drug-likeness (QED) is 0.246. The molecular formula is C24H19Cl2F2N5O2S. The van der Waals surface area contributed by atoms with Crippen molar-refractivity contribution in [2.24, 2.45) is 0 Å². The van der Waals surface area contributed by atoms with Crippen LogP contribution in [-0.2, 0) is 12.3 Å². The van der Waals surface area contributed by atoms with Gasteiger partial charge in [-0.15, -0.1) is 10.2 Å². The fourth-order valence-corrected chi connectivity index (χ4v) is 4.64. The van der Waals surface area contributed by atoms with Gasteiger partial charge in [-0.3, -0.25) is 4.57 Å². The summed E-state index contributed by atoms with van der Waals surface area (Å²) in [5.74, 6) is 0.0481.